The number of halogens is 2. The molecule has 0 aliphatic rings. The van der Waals surface area contributed by atoms with Crippen LogP contribution in [-0.4, -0.2) is 22.4 Å². The summed E-state index contributed by atoms with van der Waals surface area (Å²) < 4.78 is 0. The van der Waals surface area contributed by atoms with Crippen LogP contribution in [0.2, 0.25) is 10.0 Å². The number of amides is 1. The van der Waals surface area contributed by atoms with E-state index in [0.717, 1.165) is 27.0 Å². The number of thiophene rings is 1. The number of carbonyl (C=O) groups excluding carboxylic acids is 1. The van der Waals surface area contributed by atoms with E-state index in [1.807, 2.05) is 35.8 Å². The Morgan fingerprint density at radius 1 is 1.21 bits per heavy atom. The van der Waals surface area contributed by atoms with Gasteiger partial charge in [-0.15, -0.1) is 11.3 Å². The van der Waals surface area contributed by atoms with Crippen LogP contribution < -0.4 is 11.1 Å². The molecule has 1 aromatic carbocycles. The summed E-state index contributed by atoms with van der Waals surface area (Å²) in [5, 5.41) is 6.89. The minimum absolute atomic E-state index is 0.165. The fourth-order valence-corrected chi connectivity index (χ4v) is 4.47. The van der Waals surface area contributed by atoms with Crippen molar-refractivity contribution in [1.82, 2.24) is 15.3 Å². The molecular formula is C21H18Cl2N4OS. The van der Waals surface area contributed by atoms with E-state index in [9.17, 15) is 4.79 Å². The summed E-state index contributed by atoms with van der Waals surface area (Å²) in [5.41, 5.74) is 9.33. The molecule has 3 aromatic heterocycles. The fourth-order valence-electron chi connectivity index (χ4n) is 3.27. The van der Waals surface area contributed by atoms with Crippen molar-refractivity contribution >= 4 is 51.5 Å². The highest BCUT2D eigenvalue weighted by atomic mass is 35.5. The Labute approximate surface area is 181 Å². The average Bonchev–Trinajstić information content (AvgIpc) is 3.38. The van der Waals surface area contributed by atoms with E-state index in [0.29, 0.717) is 22.0 Å². The van der Waals surface area contributed by atoms with E-state index in [2.05, 4.69) is 15.3 Å². The summed E-state index contributed by atoms with van der Waals surface area (Å²) in [4.78, 5) is 21.4. The van der Waals surface area contributed by atoms with Crippen LogP contribution in [0.15, 0.2) is 54.2 Å². The van der Waals surface area contributed by atoms with Gasteiger partial charge in [-0.3, -0.25) is 4.79 Å². The smallest absolute Gasteiger partial charge is 0.252 e. The number of rotatable bonds is 6. The molecule has 148 valence electrons. The average molecular weight is 445 g/mol. The van der Waals surface area contributed by atoms with Crippen LogP contribution in [-0.2, 0) is 6.42 Å². The molecule has 1 atom stereocenters. The molecule has 0 aliphatic carbocycles. The van der Waals surface area contributed by atoms with Gasteiger partial charge in [-0.2, -0.15) is 0 Å². The monoisotopic (exact) mass is 444 g/mol. The van der Waals surface area contributed by atoms with Crippen molar-refractivity contribution in [2.75, 3.05) is 6.54 Å². The zero-order valence-corrected chi connectivity index (χ0v) is 17.6. The Hall–Kier alpha value is -2.38. The second kappa shape index (κ2) is 8.55. The molecule has 29 heavy (non-hydrogen) atoms. The summed E-state index contributed by atoms with van der Waals surface area (Å²) in [7, 11) is 0. The molecule has 0 bridgehead atoms. The number of aromatic amines is 1. The SMILES string of the molecule is NCC(NC(=O)c1ccsc1Cc1ccnc2[nH]ccc12)c1ccc(Cl)c(Cl)c1. The molecule has 0 fully saturated rings. The van der Waals surface area contributed by atoms with Gasteiger partial charge in [0.1, 0.15) is 5.65 Å². The number of fused-ring (bicyclic) bond motifs is 1. The van der Waals surface area contributed by atoms with E-state index in [-0.39, 0.29) is 18.5 Å². The Bertz CT molecular complexity index is 1170. The van der Waals surface area contributed by atoms with Crippen molar-refractivity contribution in [3.05, 3.63) is 85.8 Å². The van der Waals surface area contributed by atoms with Crippen molar-refractivity contribution in [2.24, 2.45) is 5.73 Å². The summed E-state index contributed by atoms with van der Waals surface area (Å²) in [6.45, 7) is 0.248. The van der Waals surface area contributed by atoms with Crippen LogP contribution in [0.4, 0.5) is 0 Å². The van der Waals surface area contributed by atoms with Crippen LogP contribution in [0, 0.1) is 0 Å². The molecule has 5 nitrogen and oxygen atoms in total. The second-order valence-corrected chi connectivity index (χ2v) is 8.39. The number of benzene rings is 1. The standard InChI is InChI=1S/C21H18Cl2N4OS/c22-16-2-1-13(9-17(16)23)18(11-24)27-21(28)15-5-8-29-19(15)10-12-3-6-25-20-14(12)4-7-26-20/h1-9,18H,10-11,24H2,(H,25,26)(H,27,28). The third-order valence-corrected chi connectivity index (χ3v) is 6.44. The number of H-pyrrole nitrogens is 1. The zero-order valence-electron chi connectivity index (χ0n) is 15.3. The lowest BCUT2D eigenvalue weighted by Crippen LogP contribution is -2.33. The Morgan fingerprint density at radius 3 is 2.86 bits per heavy atom. The van der Waals surface area contributed by atoms with Gasteiger partial charge < -0.3 is 16.0 Å². The van der Waals surface area contributed by atoms with Gasteiger partial charge in [0.05, 0.1) is 21.7 Å². The van der Waals surface area contributed by atoms with Crippen molar-refractivity contribution in [3.8, 4) is 0 Å². The molecule has 8 heteroatoms. The number of aromatic nitrogens is 2. The number of carbonyl (C=O) groups is 1. The van der Waals surface area contributed by atoms with Gasteiger partial charge in [0.2, 0.25) is 0 Å². The first kappa shape index (κ1) is 19.9. The summed E-state index contributed by atoms with van der Waals surface area (Å²) in [6.07, 6.45) is 4.29. The number of hydrogen-bond acceptors (Lipinski definition) is 4. The van der Waals surface area contributed by atoms with Gasteiger partial charge in [-0.05, 0) is 46.8 Å². The first-order valence-electron chi connectivity index (χ1n) is 9.00. The molecule has 0 saturated heterocycles. The Balaban J connectivity index is 1.56. The molecule has 0 saturated carbocycles. The molecule has 1 amide bonds. The lowest BCUT2D eigenvalue weighted by Gasteiger charge is -2.18. The van der Waals surface area contributed by atoms with Gasteiger partial charge >= 0.3 is 0 Å². The van der Waals surface area contributed by atoms with Crippen LogP contribution in [0.25, 0.3) is 11.0 Å². The van der Waals surface area contributed by atoms with Crippen molar-refractivity contribution in [2.45, 2.75) is 12.5 Å². The van der Waals surface area contributed by atoms with Gasteiger partial charge in [-0.25, -0.2) is 4.98 Å². The molecule has 4 aromatic rings. The molecule has 0 radical (unpaired) electrons. The molecular weight excluding hydrogens is 427 g/mol. The van der Waals surface area contributed by atoms with Gasteiger partial charge in [0.25, 0.3) is 5.91 Å². The highest BCUT2D eigenvalue weighted by Crippen LogP contribution is 2.27. The number of nitrogens with zero attached hydrogens (tertiary/aromatic N) is 1. The van der Waals surface area contributed by atoms with Crippen molar-refractivity contribution in [3.63, 3.8) is 0 Å². The van der Waals surface area contributed by atoms with E-state index < -0.39 is 0 Å². The first-order valence-corrected chi connectivity index (χ1v) is 10.6. The third-order valence-electron chi connectivity index (χ3n) is 4.78. The predicted octanol–water partition coefficient (Wildman–Crippen LogP) is 4.95. The normalized spacial score (nSPS) is 12.2. The number of hydrogen-bond donors (Lipinski definition) is 3. The van der Waals surface area contributed by atoms with Crippen LogP contribution in [0.3, 0.4) is 0 Å². The Morgan fingerprint density at radius 2 is 2.07 bits per heavy atom. The molecule has 0 aliphatic heterocycles. The highest BCUT2D eigenvalue weighted by Gasteiger charge is 2.19. The van der Waals surface area contributed by atoms with E-state index in [1.165, 1.54) is 0 Å². The third kappa shape index (κ3) is 4.16. The van der Waals surface area contributed by atoms with Gasteiger partial charge in [0, 0.05) is 35.6 Å². The molecule has 3 heterocycles. The Kier molecular flexibility index (Phi) is 5.87. The zero-order chi connectivity index (χ0) is 20.4. The van der Waals surface area contributed by atoms with Gasteiger partial charge in [-0.1, -0.05) is 29.3 Å². The molecule has 4 rings (SSSR count). The fraction of sp³-hybridized carbons (Fsp3) is 0.143. The minimum Gasteiger partial charge on any atom is -0.346 e. The van der Waals surface area contributed by atoms with Crippen molar-refractivity contribution < 1.29 is 4.79 Å². The van der Waals surface area contributed by atoms with Crippen LogP contribution in [0.5, 0.6) is 0 Å². The first-order chi connectivity index (χ1) is 14.1. The summed E-state index contributed by atoms with van der Waals surface area (Å²) >= 11 is 13.7. The lowest BCUT2D eigenvalue weighted by atomic mass is 10.0. The maximum Gasteiger partial charge on any atom is 0.252 e. The minimum atomic E-state index is -0.359. The molecule has 1 unspecified atom stereocenters. The van der Waals surface area contributed by atoms with Crippen molar-refractivity contribution in [1.29, 1.82) is 0 Å². The van der Waals surface area contributed by atoms with Crippen LogP contribution >= 0.6 is 34.5 Å². The topological polar surface area (TPSA) is 83.8 Å². The molecule has 0 spiro atoms. The van der Waals surface area contributed by atoms with E-state index in [1.54, 1.807) is 29.7 Å². The number of pyridine rings is 1. The summed E-state index contributed by atoms with van der Waals surface area (Å²) in [6, 6.07) is 10.7. The summed E-state index contributed by atoms with van der Waals surface area (Å²) in [5.74, 6) is -0.165. The maximum atomic E-state index is 13.0. The second-order valence-electron chi connectivity index (χ2n) is 6.58. The predicted molar refractivity (Wildman–Crippen MR) is 119 cm³/mol. The van der Waals surface area contributed by atoms with Gasteiger partial charge in [0.15, 0.2) is 0 Å². The number of nitrogens with one attached hydrogen (secondary N) is 2. The quantitative estimate of drug-likeness (QED) is 0.393. The van der Waals surface area contributed by atoms with E-state index >= 15 is 0 Å². The highest BCUT2D eigenvalue weighted by molar-refractivity contribution is 7.10. The lowest BCUT2D eigenvalue weighted by molar-refractivity contribution is 0.0937. The maximum absolute atomic E-state index is 13.0. The number of nitrogens with two attached hydrogens (primary N) is 1. The van der Waals surface area contributed by atoms with Crippen LogP contribution in [0.1, 0.15) is 32.4 Å². The largest absolute Gasteiger partial charge is 0.346 e. The molecule has 4 N–H and O–H groups in total. The van der Waals surface area contributed by atoms with E-state index in [4.69, 9.17) is 28.9 Å².